The van der Waals surface area contributed by atoms with E-state index >= 15 is 0 Å². The molecule has 0 aliphatic carbocycles. The van der Waals surface area contributed by atoms with E-state index in [9.17, 15) is 4.79 Å². The van der Waals surface area contributed by atoms with Gasteiger partial charge in [0.2, 0.25) is 0 Å². The van der Waals surface area contributed by atoms with Gasteiger partial charge in [0.1, 0.15) is 5.69 Å². The Morgan fingerprint density at radius 3 is 2.82 bits per heavy atom. The Labute approximate surface area is 106 Å². The van der Waals surface area contributed by atoms with Crippen LogP contribution in [0, 0.1) is 0 Å². The molecule has 0 aromatic carbocycles. The average Bonchev–Trinajstić information content (AvgIpc) is 2.26. The van der Waals surface area contributed by atoms with Gasteiger partial charge < -0.3 is 10.2 Å². The molecule has 1 saturated heterocycles. The van der Waals surface area contributed by atoms with Crippen molar-refractivity contribution in [2.45, 2.75) is 19.4 Å². The molecule has 1 aliphatic heterocycles. The molecule has 1 aromatic rings. The van der Waals surface area contributed by atoms with E-state index in [0.29, 0.717) is 16.8 Å². The lowest BCUT2D eigenvalue weighted by atomic mass is 10.1. The zero-order chi connectivity index (χ0) is 12.3. The number of amides is 1. The maximum Gasteiger partial charge on any atom is 0.272 e. The summed E-state index contributed by atoms with van der Waals surface area (Å²) in [5.41, 5.74) is 0.467. The van der Waals surface area contributed by atoms with Crippen LogP contribution < -0.4 is 5.32 Å². The summed E-state index contributed by atoms with van der Waals surface area (Å²) in [6, 6.07) is 3.68. The van der Waals surface area contributed by atoms with Gasteiger partial charge in [-0.3, -0.25) is 4.79 Å². The smallest absolute Gasteiger partial charge is 0.272 e. The zero-order valence-electron chi connectivity index (χ0n) is 9.82. The normalized spacial score (nSPS) is 15.4. The molecule has 4 nitrogen and oxygen atoms in total. The minimum absolute atomic E-state index is 0.00461. The number of nitrogens with one attached hydrogen (secondary N) is 1. The third kappa shape index (κ3) is 2.76. The number of carbonyl (C=O) groups is 1. The van der Waals surface area contributed by atoms with Crippen molar-refractivity contribution in [1.82, 2.24) is 15.2 Å². The molecule has 2 heterocycles. The van der Waals surface area contributed by atoms with Crippen LogP contribution in [0.1, 0.15) is 23.8 Å². The standard InChI is InChI=1S/C12H16ClN3O/c1-2-5-16(10-7-14-8-10)12(17)11-4-3-9(13)6-15-11/h3-4,6,10,14H,2,5,7-8H2,1H3. The quantitative estimate of drug-likeness (QED) is 0.886. The Morgan fingerprint density at radius 1 is 1.59 bits per heavy atom. The molecule has 0 bridgehead atoms. The van der Waals surface area contributed by atoms with Crippen LogP contribution in [0.25, 0.3) is 0 Å². The Kier molecular flexibility index (Phi) is 3.97. The van der Waals surface area contributed by atoms with E-state index in [-0.39, 0.29) is 5.91 Å². The Balaban J connectivity index is 2.12. The highest BCUT2D eigenvalue weighted by molar-refractivity contribution is 6.30. The molecule has 5 heteroatoms. The maximum absolute atomic E-state index is 12.3. The number of pyridine rings is 1. The zero-order valence-corrected chi connectivity index (χ0v) is 10.6. The Morgan fingerprint density at radius 2 is 2.35 bits per heavy atom. The number of halogens is 1. The third-order valence-corrected chi connectivity index (χ3v) is 3.10. The molecule has 0 atom stereocenters. The van der Waals surface area contributed by atoms with E-state index in [0.717, 1.165) is 26.1 Å². The van der Waals surface area contributed by atoms with E-state index in [2.05, 4.69) is 17.2 Å². The van der Waals surface area contributed by atoms with Gasteiger partial charge in [-0.1, -0.05) is 18.5 Å². The predicted octanol–water partition coefficient (Wildman–Crippen LogP) is 1.56. The first kappa shape index (κ1) is 12.3. The lowest BCUT2D eigenvalue weighted by molar-refractivity contribution is 0.0610. The Hall–Kier alpha value is -1.13. The number of rotatable bonds is 4. The van der Waals surface area contributed by atoms with Gasteiger partial charge in [-0.05, 0) is 18.6 Å². The van der Waals surface area contributed by atoms with Crippen molar-refractivity contribution in [1.29, 1.82) is 0 Å². The molecule has 1 amide bonds. The van der Waals surface area contributed by atoms with Crippen molar-refractivity contribution in [2.24, 2.45) is 0 Å². The molecule has 0 saturated carbocycles. The van der Waals surface area contributed by atoms with Gasteiger partial charge in [0.05, 0.1) is 11.1 Å². The van der Waals surface area contributed by atoms with E-state index in [1.54, 1.807) is 12.1 Å². The summed E-state index contributed by atoms with van der Waals surface area (Å²) >= 11 is 5.76. The molecular formula is C12H16ClN3O. The second-order valence-corrected chi connectivity index (χ2v) is 4.61. The van der Waals surface area contributed by atoms with Crippen molar-refractivity contribution in [2.75, 3.05) is 19.6 Å². The Bertz CT molecular complexity index is 389. The fraction of sp³-hybridized carbons (Fsp3) is 0.500. The van der Waals surface area contributed by atoms with Crippen LogP contribution in [0.5, 0.6) is 0 Å². The van der Waals surface area contributed by atoms with Crippen molar-refractivity contribution in [3.05, 3.63) is 29.0 Å². The number of hydrogen-bond donors (Lipinski definition) is 1. The summed E-state index contributed by atoms with van der Waals surface area (Å²) in [4.78, 5) is 18.2. The fourth-order valence-electron chi connectivity index (χ4n) is 1.83. The molecule has 0 spiro atoms. The second-order valence-electron chi connectivity index (χ2n) is 4.17. The highest BCUT2D eigenvalue weighted by atomic mass is 35.5. The van der Waals surface area contributed by atoms with Gasteiger partial charge in [0.25, 0.3) is 5.91 Å². The molecule has 1 aromatic heterocycles. The molecule has 0 unspecified atom stereocenters. The van der Waals surface area contributed by atoms with Crippen LogP contribution >= 0.6 is 11.6 Å². The summed E-state index contributed by atoms with van der Waals surface area (Å²) in [6.45, 7) is 4.59. The average molecular weight is 254 g/mol. The van der Waals surface area contributed by atoms with Gasteiger partial charge in [0, 0.05) is 25.8 Å². The monoisotopic (exact) mass is 253 g/mol. The highest BCUT2D eigenvalue weighted by Crippen LogP contribution is 2.12. The summed E-state index contributed by atoms with van der Waals surface area (Å²) in [5.74, 6) is -0.00461. The molecule has 1 fully saturated rings. The van der Waals surface area contributed by atoms with Crippen molar-refractivity contribution >= 4 is 17.5 Å². The van der Waals surface area contributed by atoms with Crippen molar-refractivity contribution < 1.29 is 4.79 Å². The molecule has 0 radical (unpaired) electrons. The lowest BCUT2D eigenvalue weighted by Crippen LogP contribution is -2.59. The maximum atomic E-state index is 12.3. The van der Waals surface area contributed by atoms with Crippen molar-refractivity contribution in [3.8, 4) is 0 Å². The second kappa shape index (κ2) is 5.47. The summed E-state index contributed by atoms with van der Waals surface area (Å²) in [6.07, 6.45) is 2.47. The molecular weight excluding hydrogens is 238 g/mol. The number of aromatic nitrogens is 1. The van der Waals surface area contributed by atoms with E-state index in [1.807, 2.05) is 4.90 Å². The molecule has 92 valence electrons. The van der Waals surface area contributed by atoms with Crippen LogP contribution in [0.15, 0.2) is 18.3 Å². The van der Waals surface area contributed by atoms with Crippen LogP contribution in [0.2, 0.25) is 5.02 Å². The van der Waals surface area contributed by atoms with Crippen LogP contribution in [-0.4, -0.2) is 41.5 Å². The molecule has 1 aliphatic rings. The molecule has 2 rings (SSSR count). The van der Waals surface area contributed by atoms with Crippen LogP contribution in [0.4, 0.5) is 0 Å². The predicted molar refractivity (Wildman–Crippen MR) is 67.2 cm³/mol. The summed E-state index contributed by atoms with van der Waals surface area (Å²) in [5, 5.41) is 3.73. The molecule has 1 N–H and O–H groups in total. The van der Waals surface area contributed by atoms with Gasteiger partial charge in [-0.15, -0.1) is 0 Å². The SMILES string of the molecule is CCCN(C(=O)c1ccc(Cl)cn1)C1CNC1. The summed E-state index contributed by atoms with van der Waals surface area (Å²) in [7, 11) is 0. The van der Waals surface area contributed by atoms with Gasteiger partial charge in [-0.2, -0.15) is 0 Å². The van der Waals surface area contributed by atoms with Gasteiger partial charge in [-0.25, -0.2) is 4.98 Å². The van der Waals surface area contributed by atoms with E-state index in [4.69, 9.17) is 11.6 Å². The molecule has 17 heavy (non-hydrogen) atoms. The number of carbonyl (C=O) groups excluding carboxylic acids is 1. The number of hydrogen-bond acceptors (Lipinski definition) is 3. The topological polar surface area (TPSA) is 45.2 Å². The summed E-state index contributed by atoms with van der Waals surface area (Å²) < 4.78 is 0. The van der Waals surface area contributed by atoms with Gasteiger partial charge in [0.15, 0.2) is 0 Å². The highest BCUT2D eigenvalue weighted by Gasteiger charge is 2.28. The largest absolute Gasteiger partial charge is 0.332 e. The van der Waals surface area contributed by atoms with E-state index < -0.39 is 0 Å². The van der Waals surface area contributed by atoms with Crippen molar-refractivity contribution in [3.63, 3.8) is 0 Å². The van der Waals surface area contributed by atoms with Crippen LogP contribution in [0.3, 0.4) is 0 Å². The first-order valence-electron chi connectivity index (χ1n) is 5.85. The van der Waals surface area contributed by atoms with E-state index in [1.165, 1.54) is 6.20 Å². The number of nitrogens with zero attached hydrogens (tertiary/aromatic N) is 2. The fourth-order valence-corrected chi connectivity index (χ4v) is 1.95. The van der Waals surface area contributed by atoms with Crippen LogP contribution in [-0.2, 0) is 0 Å². The lowest BCUT2D eigenvalue weighted by Gasteiger charge is -2.38. The minimum atomic E-state index is -0.00461. The minimum Gasteiger partial charge on any atom is -0.332 e. The first-order valence-corrected chi connectivity index (χ1v) is 6.23. The first-order chi connectivity index (χ1) is 8.22. The van der Waals surface area contributed by atoms with Gasteiger partial charge >= 0.3 is 0 Å². The third-order valence-electron chi connectivity index (χ3n) is 2.87.